The molecule has 1 heterocycles. The van der Waals surface area contributed by atoms with E-state index in [1.54, 1.807) is 0 Å². The zero-order valence-electron chi connectivity index (χ0n) is 17.7. The van der Waals surface area contributed by atoms with E-state index in [-0.39, 0.29) is 11.8 Å². The van der Waals surface area contributed by atoms with Crippen LogP contribution in [-0.4, -0.2) is 36.2 Å². The van der Waals surface area contributed by atoms with Gasteiger partial charge in [-0.05, 0) is 24.0 Å². The second-order valence-corrected chi connectivity index (χ2v) is 8.04. The second kappa shape index (κ2) is 10.1. The first-order valence-electron chi connectivity index (χ1n) is 10.3. The van der Waals surface area contributed by atoms with Crippen LogP contribution in [0.2, 0.25) is 0 Å². The first kappa shape index (κ1) is 21.6. The van der Waals surface area contributed by atoms with Crippen molar-refractivity contribution in [2.24, 2.45) is 11.1 Å². The van der Waals surface area contributed by atoms with E-state index in [4.69, 9.17) is 4.84 Å². The summed E-state index contributed by atoms with van der Waals surface area (Å²) in [6.45, 7) is 6.62. The predicted octanol–water partition coefficient (Wildman–Crippen LogP) is 2.99. The lowest BCUT2D eigenvalue weighted by molar-refractivity contribution is -0.135. The molecule has 0 fully saturated rings. The molecule has 2 aromatic rings. The summed E-state index contributed by atoms with van der Waals surface area (Å²) in [5, 5.41) is 9.91. The van der Waals surface area contributed by atoms with Crippen molar-refractivity contribution in [2.45, 2.75) is 45.8 Å². The lowest BCUT2D eigenvalue weighted by Gasteiger charge is -2.20. The van der Waals surface area contributed by atoms with Gasteiger partial charge in [-0.2, -0.15) is 0 Å². The van der Waals surface area contributed by atoms with Gasteiger partial charge < -0.3 is 15.5 Å². The molecule has 1 aliphatic heterocycles. The van der Waals surface area contributed by atoms with Crippen LogP contribution in [0.15, 0.2) is 59.8 Å². The molecule has 2 amide bonds. The van der Waals surface area contributed by atoms with Crippen LogP contribution in [-0.2, 0) is 20.8 Å². The molecule has 6 heteroatoms. The SMILES string of the molecule is Cc1ccccc1C1=NO[C@H](C(=O)N[C@@H](Cc2ccccc2)C(=O)NCC(C)C)C1. The summed E-state index contributed by atoms with van der Waals surface area (Å²) in [7, 11) is 0. The first-order chi connectivity index (χ1) is 14.4. The molecule has 1 aliphatic rings. The number of rotatable bonds is 8. The van der Waals surface area contributed by atoms with Gasteiger partial charge in [0, 0.05) is 24.9 Å². The Kier molecular flexibility index (Phi) is 7.22. The average Bonchev–Trinajstić information content (AvgIpc) is 3.22. The van der Waals surface area contributed by atoms with Crippen LogP contribution in [0, 0.1) is 12.8 Å². The van der Waals surface area contributed by atoms with Crippen molar-refractivity contribution in [3.05, 3.63) is 71.3 Å². The number of carbonyl (C=O) groups excluding carboxylic acids is 2. The molecular formula is C24H29N3O3. The Bertz CT molecular complexity index is 909. The number of nitrogens with zero attached hydrogens (tertiary/aromatic N) is 1. The smallest absolute Gasteiger partial charge is 0.265 e. The molecule has 0 spiro atoms. The Morgan fingerprint density at radius 3 is 2.50 bits per heavy atom. The third-order valence-corrected chi connectivity index (χ3v) is 5.02. The molecule has 2 aromatic carbocycles. The van der Waals surface area contributed by atoms with Crippen LogP contribution >= 0.6 is 0 Å². The summed E-state index contributed by atoms with van der Waals surface area (Å²) in [4.78, 5) is 31.0. The molecule has 6 nitrogen and oxygen atoms in total. The maximum absolute atomic E-state index is 12.9. The van der Waals surface area contributed by atoms with Crippen LogP contribution in [0.25, 0.3) is 0 Å². The highest BCUT2D eigenvalue weighted by Crippen LogP contribution is 2.19. The number of hydrogen-bond donors (Lipinski definition) is 2. The van der Waals surface area contributed by atoms with Gasteiger partial charge in [0.15, 0.2) is 0 Å². The normalized spacial score (nSPS) is 16.5. The van der Waals surface area contributed by atoms with Crippen LogP contribution in [0.5, 0.6) is 0 Å². The van der Waals surface area contributed by atoms with Gasteiger partial charge in [0.25, 0.3) is 5.91 Å². The molecule has 0 aromatic heterocycles. The zero-order valence-corrected chi connectivity index (χ0v) is 17.7. The number of aryl methyl sites for hydroxylation is 1. The maximum atomic E-state index is 12.9. The predicted molar refractivity (Wildman–Crippen MR) is 117 cm³/mol. The molecule has 0 aliphatic carbocycles. The van der Waals surface area contributed by atoms with Gasteiger partial charge in [0.05, 0.1) is 5.71 Å². The van der Waals surface area contributed by atoms with Gasteiger partial charge in [0.1, 0.15) is 6.04 Å². The maximum Gasteiger partial charge on any atom is 0.265 e. The van der Waals surface area contributed by atoms with Crippen molar-refractivity contribution in [1.29, 1.82) is 0 Å². The van der Waals surface area contributed by atoms with Crippen LogP contribution in [0.3, 0.4) is 0 Å². The van der Waals surface area contributed by atoms with Gasteiger partial charge in [-0.3, -0.25) is 9.59 Å². The van der Waals surface area contributed by atoms with Gasteiger partial charge in [0.2, 0.25) is 12.0 Å². The van der Waals surface area contributed by atoms with E-state index in [0.29, 0.717) is 25.3 Å². The number of nitrogens with one attached hydrogen (secondary N) is 2. The van der Waals surface area contributed by atoms with E-state index in [0.717, 1.165) is 22.4 Å². The fourth-order valence-corrected chi connectivity index (χ4v) is 3.33. The quantitative estimate of drug-likeness (QED) is 0.706. The fraction of sp³-hybridized carbons (Fsp3) is 0.375. The number of carbonyl (C=O) groups is 2. The van der Waals surface area contributed by atoms with E-state index in [9.17, 15) is 9.59 Å². The topological polar surface area (TPSA) is 79.8 Å². The zero-order chi connectivity index (χ0) is 21.5. The summed E-state index contributed by atoms with van der Waals surface area (Å²) >= 11 is 0. The average molecular weight is 408 g/mol. The number of amides is 2. The Labute approximate surface area is 177 Å². The lowest BCUT2D eigenvalue weighted by Crippen LogP contribution is -2.51. The van der Waals surface area contributed by atoms with Crippen molar-refractivity contribution in [1.82, 2.24) is 10.6 Å². The van der Waals surface area contributed by atoms with Gasteiger partial charge >= 0.3 is 0 Å². The molecule has 0 unspecified atom stereocenters. The van der Waals surface area contributed by atoms with Crippen molar-refractivity contribution in [3.63, 3.8) is 0 Å². The van der Waals surface area contributed by atoms with Crippen molar-refractivity contribution < 1.29 is 14.4 Å². The molecular weight excluding hydrogens is 378 g/mol. The van der Waals surface area contributed by atoms with E-state index in [1.807, 2.05) is 75.4 Å². The largest absolute Gasteiger partial charge is 0.382 e. The Morgan fingerprint density at radius 1 is 1.10 bits per heavy atom. The molecule has 0 saturated carbocycles. The van der Waals surface area contributed by atoms with Crippen LogP contribution in [0.4, 0.5) is 0 Å². The van der Waals surface area contributed by atoms with Crippen molar-refractivity contribution >= 4 is 17.5 Å². The summed E-state index contributed by atoms with van der Waals surface area (Å²) < 4.78 is 0. The minimum atomic E-state index is -0.740. The molecule has 0 saturated heterocycles. The Balaban J connectivity index is 1.65. The summed E-state index contributed by atoms with van der Waals surface area (Å²) in [5.41, 5.74) is 3.78. The molecule has 2 N–H and O–H groups in total. The van der Waals surface area contributed by atoms with Gasteiger partial charge in [-0.1, -0.05) is 73.6 Å². The highest BCUT2D eigenvalue weighted by Gasteiger charge is 2.32. The summed E-state index contributed by atoms with van der Waals surface area (Å²) in [6.07, 6.45) is 0.0488. The first-order valence-corrected chi connectivity index (χ1v) is 10.3. The highest BCUT2D eigenvalue weighted by molar-refractivity contribution is 6.05. The number of benzene rings is 2. The van der Waals surface area contributed by atoms with E-state index < -0.39 is 12.1 Å². The number of hydrogen-bond acceptors (Lipinski definition) is 4. The third kappa shape index (κ3) is 5.69. The standard InChI is InChI=1S/C24H29N3O3/c1-16(2)15-25-23(28)21(13-18-10-5-4-6-11-18)26-24(29)22-14-20(27-30-22)19-12-8-7-9-17(19)3/h4-12,16,21-22H,13-15H2,1-3H3,(H,25,28)(H,26,29)/t21-,22-/m0/s1. The number of oxime groups is 1. The molecule has 0 radical (unpaired) electrons. The van der Waals surface area contributed by atoms with Crippen molar-refractivity contribution in [3.8, 4) is 0 Å². The molecule has 30 heavy (non-hydrogen) atoms. The Morgan fingerprint density at radius 2 is 1.80 bits per heavy atom. The minimum Gasteiger partial charge on any atom is -0.382 e. The van der Waals surface area contributed by atoms with Gasteiger partial charge in [-0.15, -0.1) is 0 Å². The van der Waals surface area contributed by atoms with E-state index >= 15 is 0 Å². The second-order valence-electron chi connectivity index (χ2n) is 8.04. The molecule has 2 atom stereocenters. The van der Waals surface area contributed by atoms with Crippen LogP contribution < -0.4 is 10.6 Å². The monoisotopic (exact) mass is 407 g/mol. The lowest BCUT2D eigenvalue weighted by atomic mass is 9.99. The minimum absolute atomic E-state index is 0.195. The van der Waals surface area contributed by atoms with Gasteiger partial charge in [-0.25, -0.2) is 0 Å². The summed E-state index contributed by atoms with van der Waals surface area (Å²) in [5.74, 6) is -0.202. The Hall–Kier alpha value is -3.15. The third-order valence-electron chi connectivity index (χ3n) is 5.02. The van der Waals surface area contributed by atoms with Crippen molar-refractivity contribution in [2.75, 3.05) is 6.54 Å². The van der Waals surface area contributed by atoms with E-state index in [1.165, 1.54) is 0 Å². The summed E-state index contributed by atoms with van der Waals surface area (Å²) in [6, 6.07) is 16.8. The molecule has 3 rings (SSSR count). The molecule has 158 valence electrons. The highest BCUT2D eigenvalue weighted by atomic mass is 16.6. The molecule has 0 bridgehead atoms. The van der Waals surface area contributed by atoms with E-state index in [2.05, 4.69) is 15.8 Å². The fourth-order valence-electron chi connectivity index (χ4n) is 3.33. The van der Waals surface area contributed by atoms with Crippen LogP contribution in [0.1, 0.15) is 37.0 Å².